The fourth-order valence-corrected chi connectivity index (χ4v) is 8.01. The van der Waals surface area contributed by atoms with Crippen LogP contribution in [0.25, 0.3) is 0 Å². The van der Waals surface area contributed by atoms with Crippen LogP contribution in [0.4, 0.5) is 5.69 Å². The number of amidine groups is 2. The molecule has 0 bridgehead atoms. The van der Waals surface area contributed by atoms with Crippen molar-refractivity contribution in [1.82, 2.24) is 10.6 Å². The SMILES string of the molecule is O=C1NC(=Nc2ccc3c(c2)C(=O)C2=C(CC(N=C4NC(=O)c5c(Cl)c(Cl)c(Cl)c(Cl)c54)C=C2)C3=O)C2=C1C(Cl)C(Cl)C(Cl)=C2Cl. The van der Waals surface area contributed by atoms with E-state index in [1.807, 2.05) is 0 Å². The summed E-state index contributed by atoms with van der Waals surface area (Å²) in [6.45, 7) is 0. The van der Waals surface area contributed by atoms with Crippen molar-refractivity contribution in [3.63, 3.8) is 0 Å². The summed E-state index contributed by atoms with van der Waals surface area (Å²) in [4.78, 5) is 61.7. The topological polar surface area (TPSA) is 117 Å². The maximum Gasteiger partial charge on any atom is 0.259 e. The number of fused-ring (bicyclic) bond motifs is 2. The lowest BCUT2D eigenvalue weighted by Crippen LogP contribution is -2.28. The van der Waals surface area contributed by atoms with Crippen molar-refractivity contribution in [2.45, 2.75) is 23.2 Å². The van der Waals surface area contributed by atoms with Crippen LogP contribution in [0.5, 0.6) is 0 Å². The van der Waals surface area contributed by atoms with Gasteiger partial charge in [-0.3, -0.25) is 24.2 Å². The zero-order valence-corrected chi connectivity index (χ0v) is 28.4. The molecule has 2 aromatic carbocycles. The molecule has 0 radical (unpaired) electrons. The first-order valence-corrected chi connectivity index (χ1v) is 16.3. The first-order chi connectivity index (χ1) is 21.8. The first-order valence-electron chi connectivity index (χ1n) is 13.2. The molecule has 0 spiro atoms. The number of carbonyl (C=O) groups excluding carboxylic acids is 4. The van der Waals surface area contributed by atoms with E-state index in [0.29, 0.717) is 0 Å². The van der Waals surface area contributed by atoms with E-state index in [0.717, 1.165) is 0 Å². The average molecular weight is 776 g/mol. The first kappa shape index (κ1) is 31.9. The van der Waals surface area contributed by atoms with E-state index in [4.69, 9.17) is 92.8 Å². The Kier molecular flexibility index (Phi) is 7.98. The minimum absolute atomic E-state index is 0.000342. The molecule has 2 aromatic rings. The lowest BCUT2D eigenvalue weighted by molar-refractivity contribution is -0.115. The Morgan fingerprint density at radius 1 is 0.739 bits per heavy atom. The summed E-state index contributed by atoms with van der Waals surface area (Å²) in [7, 11) is 0. The van der Waals surface area contributed by atoms with Gasteiger partial charge < -0.3 is 10.6 Å². The third kappa shape index (κ3) is 4.72. The molecule has 16 heteroatoms. The van der Waals surface area contributed by atoms with Crippen molar-refractivity contribution in [2.24, 2.45) is 9.98 Å². The number of ketones is 2. The molecule has 0 saturated carbocycles. The van der Waals surface area contributed by atoms with Gasteiger partial charge in [-0.2, -0.15) is 0 Å². The quantitative estimate of drug-likeness (QED) is 0.184. The number of aliphatic imine (C=N–C) groups is 2. The van der Waals surface area contributed by atoms with Crippen molar-refractivity contribution >= 4 is 134 Å². The van der Waals surface area contributed by atoms with E-state index in [2.05, 4.69) is 20.6 Å². The second-order valence-corrected chi connectivity index (χ2v) is 13.8. The van der Waals surface area contributed by atoms with E-state index in [1.165, 1.54) is 24.3 Å². The maximum absolute atomic E-state index is 13.6. The number of hydrogen-bond donors (Lipinski definition) is 2. The van der Waals surface area contributed by atoms with Gasteiger partial charge in [-0.15, -0.1) is 23.2 Å². The Hall–Kier alpha value is -2.66. The second kappa shape index (κ2) is 11.5. The van der Waals surface area contributed by atoms with Crippen molar-refractivity contribution in [3.8, 4) is 0 Å². The molecule has 232 valence electrons. The Morgan fingerprint density at radius 3 is 2.13 bits per heavy atom. The molecule has 5 aliphatic rings. The van der Waals surface area contributed by atoms with Gasteiger partial charge in [-0.1, -0.05) is 81.8 Å². The Labute approximate surface area is 299 Å². The predicted octanol–water partition coefficient (Wildman–Crippen LogP) is 7.87. The summed E-state index contributed by atoms with van der Waals surface area (Å²) in [5.74, 6) is -1.66. The summed E-state index contributed by atoms with van der Waals surface area (Å²) in [5.41, 5.74) is 1.61. The standard InChI is InChI=1S/C30H12Cl8N4O4/c31-17-13-15(19(33)23(37)21(17)35)29(45)41-27(13)39-7-1-3-9-11(5-7)26(44)10-4-2-8(6-12(10)25(9)43)40-28-14-16(30(46)42-28)20(34)24(38)22(36)18(14)32/h1-5,8,19,23H,6H2,(H,39,41,45)(H,40,42,46). The summed E-state index contributed by atoms with van der Waals surface area (Å²) < 4.78 is 0. The van der Waals surface area contributed by atoms with Crippen molar-refractivity contribution < 1.29 is 19.2 Å². The highest BCUT2D eigenvalue weighted by Crippen LogP contribution is 2.45. The van der Waals surface area contributed by atoms with Gasteiger partial charge in [0.25, 0.3) is 11.8 Å². The molecule has 0 aromatic heterocycles. The van der Waals surface area contributed by atoms with Crippen LogP contribution in [0.1, 0.15) is 43.1 Å². The number of amides is 2. The molecular weight excluding hydrogens is 764 g/mol. The van der Waals surface area contributed by atoms with E-state index in [1.54, 1.807) is 6.08 Å². The molecule has 2 aliphatic heterocycles. The van der Waals surface area contributed by atoms with Gasteiger partial charge in [0, 0.05) is 39.8 Å². The van der Waals surface area contributed by atoms with Crippen LogP contribution < -0.4 is 10.6 Å². The maximum atomic E-state index is 13.6. The van der Waals surface area contributed by atoms with Gasteiger partial charge in [-0.05, 0) is 18.2 Å². The normalized spacial score (nSPS) is 25.3. The van der Waals surface area contributed by atoms with Crippen molar-refractivity contribution in [2.75, 3.05) is 0 Å². The molecular formula is C30H12Cl8N4O4. The minimum atomic E-state index is -0.940. The van der Waals surface area contributed by atoms with E-state index >= 15 is 0 Å². The molecule has 46 heavy (non-hydrogen) atoms. The van der Waals surface area contributed by atoms with Crippen molar-refractivity contribution in [3.05, 3.63) is 105 Å². The third-order valence-corrected chi connectivity index (χ3v) is 11.8. The number of benzene rings is 2. The molecule has 2 amide bonds. The highest BCUT2D eigenvalue weighted by atomic mass is 35.5. The molecule has 7 rings (SSSR count). The van der Waals surface area contributed by atoms with Crippen LogP contribution in [-0.4, -0.2) is 51.8 Å². The van der Waals surface area contributed by atoms with Crippen LogP contribution in [0.3, 0.4) is 0 Å². The Bertz CT molecular complexity index is 2110. The molecule has 3 aliphatic carbocycles. The fraction of sp³-hybridized carbons (Fsp3) is 0.133. The summed E-state index contributed by atoms with van der Waals surface area (Å²) >= 11 is 50.3. The summed E-state index contributed by atoms with van der Waals surface area (Å²) in [6, 6.07) is 3.82. The zero-order chi connectivity index (χ0) is 32.9. The van der Waals surface area contributed by atoms with Crippen LogP contribution in [0.2, 0.25) is 20.1 Å². The highest BCUT2D eigenvalue weighted by Gasteiger charge is 2.44. The number of hydrogen-bond acceptors (Lipinski definition) is 6. The van der Waals surface area contributed by atoms with Crippen LogP contribution in [-0.2, 0) is 4.79 Å². The van der Waals surface area contributed by atoms with E-state index < -0.39 is 34.4 Å². The van der Waals surface area contributed by atoms with Crippen LogP contribution in [0.15, 0.2) is 72.7 Å². The van der Waals surface area contributed by atoms with E-state index in [9.17, 15) is 19.2 Å². The molecule has 3 atom stereocenters. The number of halogens is 8. The molecule has 8 nitrogen and oxygen atoms in total. The molecule has 0 fully saturated rings. The average Bonchev–Trinajstić information content (AvgIpc) is 3.54. The van der Waals surface area contributed by atoms with Gasteiger partial charge in [0.05, 0.1) is 63.8 Å². The van der Waals surface area contributed by atoms with E-state index in [-0.39, 0.29) is 104 Å². The third-order valence-electron chi connectivity index (χ3n) is 7.92. The largest absolute Gasteiger partial charge is 0.306 e. The zero-order valence-electron chi connectivity index (χ0n) is 22.4. The molecule has 2 N–H and O–H groups in total. The fourth-order valence-electron chi connectivity index (χ4n) is 5.76. The van der Waals surface area contributed by atoms with Crippen LogP contribution >= 0.6 is 92.8 Å². The lowest BCUT2D eigenvalue weighted by atomic mass is 9.79. The minimum Gasteiger partial charge on any atom is -0.306 e. The van der Waals surface area contributed by atoms with Gasteiger partial charge >= 0.3 is 0 Å². The molecule has 2 heterocycles. The summed E-state index contributed by atoms with van der Waals surface area (Å²) in [6.07, 6.45) is 3.22. The number of alkyl halides is 2. The smallest absolute Gasteiger partial charge is 0.259 e. The van der Waals surface area contributed by atoms with Crippen molar-refractivity contribution in [1.29, 1.82) is 0 Å². The Balaban J connectivity index is 1.20. The number of allylic oxidation sites excluding steroid dienone is 3. The highest BCUT2D eigenvalue weighted by molar-refractivity contribution is 6.55. The molecule has 0 saturated heterocycles. The van der Waals surface area contributed by atoms with Gasteiger partial charge in [-0.25, -0.2) is 4.99 Å². The second-order valence-electron chi connectivity index (χ2n) is 10.5. The van der Waals surface area contributed by atoms with Gasteiger partial charge in [0.2, 0.25) is 0 Å². The molecule has 3 unspecified atom stereocenters. The number of rotatable bonds is 2. The number of nitrogens with zero attached hydrogens (tertiary/aromatic N) is 2. The number of nitrogens with one attached hydrogen (secondary N) is 2. The van der Waals surface area contributed by atoms with Gasteiger partial charge in [0.15, 0.2) is 11.6 Å². The lowest BCUT2D eigenvalue weighted by Gasteiger charge is -2.24. The predicted molar refractivity (Wildman–Crippen MR) is 180 cm³/mol. The summed E-state index contributed by atoms with van der Waals surface area (Å²) in [5, 5.41) is 3.37. The monoisotopic (exact) mass is 772 g/mol. The number of Topliss-reactive ketones (excluding diaryl/α,β-unsaturated/α-hetero) is 2. The Morgan fingerprint density at radius 2 is 1.41 bits per heavy atom. The number of carbonyl (C=O) groups is 4. The van der Waals surface area contributed by atoms with Crippen LogP contribution in [0, 0.1) is 0 Å². The van der Waals surface area contributed by atoms with Gasteiger partial charge in [0.1, 0.15) is 11.7 Å².